The summed E-state index contributed by atoms with van der Waals surface area (Å²) >= 11 is 6.77. The van der Waals surface area contributed by atoms with Crippen LogP contribution < -0.4 is 0 Å². The first-order valence-corrected chi connectivity index (χ1v) is 5.07. The van der Waals surface area contributed by atoms with Gasteiger partial charge in [0.25, 0.3) is 0 Å². The van der Waals surface area contributed by atoms with Gasteiger partial charge in [0, 0.05) is 14.5 Å². The van der Waals surface area contributed by atoms with Gasteiger partial charge in [-0.25, -0.2) is 0 Å². The molecule has 0 aliphatic heterocycles. The summed E-state index contributed by atoms with van der Waals surface area (Å²) in [7, 11) is 0. The van der Waals surface area contributed by atoms with Gasteiger partial charge in [0.15, 0.2) is 5.78 Å². The highest BCUT2D eigenvalue weighted by atomic mass is 79.9. The molecule has 0 bridgehead atoms. The molecule has 0 saturated heterocycles. The molecule has 0 N–H and O–H groups in total. The van der Waals surface area contributed by atoms with Crippen LogP contribution in [0.5, 0.6) is 0 Å². The molecule has 0 heterocycles. The van der Waals surface area contributed by atoms with Crippen molar-refractivity contribution in [2.45, 2.75) is 13.8 Å². The smallest absolute Gasteiger partial charge is 0.159 e. The van der Waals surface area contributed by atoms with E-state index < -0.39 is 0 Å². The predicted octanol–water partition coefficient (Wildman–Crippen LogP) is 3.72. The minimum atomic E-state index is 0.0800. The fourth-order valence-electron chi connectivity index (χ4n) is 0.849. The first-order chi connectivity index (χ1) is 5.52. The largest absolute Gasteiger partial charge is 0.295 e. The first-order valence-electron chi connectivity index (χ1n) is 3.49. The van der Waals surface area contributed by atoms with Gasteiger partial charge >= 0.3 is 0 Å². The normalized spacial score (nSPS) is 10.0. The van der Waals surface area contributed by atoms with Crippen molar-refractivity contribution in [3.05, 3.63) is 32.2 Å². The maximum absolute atomic E-state index is 11.0. The molecule has 0 radical (unpaired) electrons. The zero-order valence-electron chi connectivity index (χ0n) is 6.82. The molecule has 64 valence electrons. The van der Waals surface area contributed by atoms with Crippen molar-refractivity contribution >= 4 is 37.6 Å². The van der Waals surface area contributed by atoms with E-state index in [0.29, 0.717) is 0 Å². The zero-order valence-corrected chi connectivity index (χ0v) is 9.99. The summed E-state index contributed by atoms with van der Waals surface area (Å²) in [4.78, 5) is 11.0. The molecule has 0 aliphatic carbocycles. The number of halogens is 2. The topological polar surface area (TPSA) is 17.1 Å². The molecule has 0 atom stereocenters. The molecule has 0 saturated carbocycles. The Labute approximate surface area is 88.4 Å². The summed E-state index contributed by atoms with van der Waals surface area (Å²) in [5.74, 6) is 0.0800. The van der Waals surface area contributed by atoms with Crippen LogP contribution in [-0.4, -0.2) is 5.78 Å². The average Bonchev–Trinajstić information content (AvgIpc) is 1.99. The van der Waals surface area contributed by atoms with Crippen LogP contribution in [0.25, 0.3) is 0 Å². The van der Waals surface area contributed by atoms with Crippen LogP contribution >= 0.6 is 31.9 Å². The molecule has 0 fully saturated rings. The molecule has 1 rings (SSSR count). The molecule has 3 heteroatoms. The van der Waals surface area contributed by atoms with E-state index in [9.17, 15) is 4.79 Å². The third-order valence-electron chi connectivity index (χ3n) is 1.69. The lowest BCUT2D eigenvalue weighted by atomic mass is 10.1. The van der Waals surface area contributed by atoms with Crippen molar-refractivity contribution in [1.29, 1.82) is 0 Å². The minimum Gasteiger partial charge on any atom is -0.295 e. The maximum Gasteiger partial charge on any atom is 0.159 e. The highest BCUT2D eigenvalue weighted by Crippen LogP contribution is 2.26. The lowest BCUT2D eigenvalue weighted by molar-refractivity contribution is 0.101. The van der Waals surface area contributed by atoms with Gasteiger partial charge in [0.2, 0.25) is 0 Å². The zero-order chi connectivity index (χ0) is 9.30. The standard InChI is InChI=1S/C9H8Br2O/c1-5-8(10)3-7(6(2)12)4-9(5)11/h3-4H,1-2H3. The molecule has 1 aromatic carbocycles. The summed E-state index contributed by atoms with van der Waals surface area (Å²) in [5.41, 5.74) is 1.83. The number of Topliss-reactive ketones (excluding diaryl/α,β-unsaturated/α-hetero) is 1. The Balaban J connectivity index is 3.31. The van der Waals surface area contributed by atoms with Gasteiger partial charge in [-0.15, -0.1) is 0 Å². The van der Waals surface area contributed by atoms with Crippen LogP contribution in [0.1, 0.15) is 22.8 Å². The van der Waals surface area contributed by atoms with E-state index in [4.69, 9.17) is 0 Å². The van der Waals surface area contributed by atoms with Gasteiger partial charge in [0.05, 0.1) is 0 Å². The highest BCUT2D eigenvalue weighted by Gasteiger charge is 2.05. The van der Waals surface area contributed by atoms with Crippen molar-refractivity contribution in [2.24, 2.45) is 0 Å². The van der Waals surface area contributed by atoms with Crippen molar-refractivity contribution in [1.82, 2.24) is 0 Å². The van der Waals surface area contributed by atoms with Gasteiger partial charge in [-0.3, -0.25) is 4.79 Å². The van der Waals surface area contributed by atoms with Crippen LogP contribution in [0.3, 0.4) is 0 Å². The van der Waals surface area contributed by atoms with E-state index in [1.807, 2.05) is 19.1 Å². The molecule has 12 heavy (non-hydrogen) atoms. The van der Waals surface area contributed by atoms with E-state index in [0.717, 1.165) is 20.1 Å². The molecular weight excluding hydrogens is 284 g/mol. The number of hydrogen-bond donors (Lipinski definition) is 0. The average molecular weight is 292 g/mol. The minimum absolute atomic E-state index is 0.0800. The lowest BCUT2D eigenvalue weighted by Gasteiger charge is -2.03. The van der Waals surface area contributed by atoms with Crippen molar-refractivity contribution < 1.29 is 4.79 Å². The Morgan fingerprint density at radius 2 is 1.67 bits per heavy atom. The summed E-state index contributed by atoms with van der Waals surface area (Å²) in [6, 6.07) is 3.67. The Morgan fingerprint density at radius 3 is 2.00 bits per heavy atom. The summed E-state index contributed by atoms with van der Waals surface area (Å²) in [6.07, 6.45) is 0. The molecule has 0 spiro atoms. The summed E-state index contributed by atoms with van der Waals surface area (Å²) < 4.78 is 1.92. The number of benzene rings is 1. The molecule has 0 unspecified atom stereocenters. The monoisotopic (exact) mass is 290 g/mol. The molecule has 1 aromatic rings. The van der Waals surface area contributed by atoms with E-state index in [1.165, 1.54) is 0 Å². The molecule has 0 aromatic heterocycles. The highest BCUT2D eigenvalue weighted by molar-refractivity contribution is 9.11. The molecular formula is C9H8Br2O. The fraction of sp³-hybridized carbons (Fsp3) is 0.222. The van der Waals surface area contributed by atoms with E-state index in [-0.39, 0.29) is 5.78 Å². The second-order valence-electron chi connectivity index (χ2n) is 2.62. The van der Waals surface area contributed by atoms with Crippen LogP contribution in [-0.2, 0) is 0 Å². The van der Waals surface area contributed by atoms with Crippen molar-refractivity contribution in [2.75, 3.05) is 0 Å². The molecule has 0 amide bonds. The molecule has 0 aliphatic rings. The van der Waals surface area contributed by atoms with Crippen LogP contribution in [0.15, 0.2) is 21.1 Å². The SMILES string of the molecule is CC(=O)c1cc(Br)c(C)c(Br)c1. The second kappa shape index (κ2) is 3.71. The number of ketones is 1. The van der Waals surface area contributed by atoms with Gasteiger partial charge in [-0.05, 0) is 31.5 Å². The lowest BCUT2D eigenvalue weighted by Crippen LogP contribution is -1.93. The quantitative estimate of drug-likeness (QED) is 0.721. The second-order valence-corrected chi connectivity index (χ2v) is 4.33. The van der Waals surface area contributed by atoms with Crippen LogP contribution in [0, 0.1) is 6.92 Å². The van der Waals surface area contributed by atoms with Crippen molar-refractivity contribution in [3.8, 4) is 0 Å². The Hall–Kier alpha value is -0.150. The Bertz CT molecular complexity index is 308. The number of hydrogen-bond acceptors (Lipinski definition) is 1. The number of carbonyl (C=O) groups excluding carboxylic acids is 1. The van der Waals surface area contributed by atoms with Crippen molar-refractivity contribution in [3.63, 3.8) is 0 Å². The number of rotatable bonds is 1. The van der Waals surface area contributed by atoms with E-state index in [1.54, 1.807) is 6.92 Å². The third-order valence-corrected chi connectivity index (χ3v) is 3.33. The van der Waals surface area contributed by atoms with E-state index in [2.05, 4.69) is 31.9 Å². The third kappa shape index (κ3) is 1.96. The van der Waals surface area contributed by atoms with Crippen LogP contribution in [0.2, 0.25) is 0 Å². The number of carbonyl (C=O) groups is 1. The summed E-state index contributed by atoms with van der Waals surface area (Å²) in [5, 5.41) is 0. The predicted molar refractivity (Wildman–Crippen MR) is 56.6 cm³/mol. The van der Waals surface area contributed by atoms with Gasteiger partial charge in [-0.1, -0.05) is 31.9 Å². The Morgan fingerprint density at radius 1 is 1.25 bits per heavy atom. The fourth-order valence-corrected chi connectivity index (χ4v) is 2.04. The maximum atomic E-state index is 11.0. The first kappa shape index (κ1) is 9.93. The van der Waals surface area contributed by atoms with Gasteiger partial charge in [-0.2, -0.15) is 0 Å². The van der Waals surface area contributed by atoms with Crippen LogP contribution in [0.4, 0.5) is 0 Å². The Kier molecular flexibility index (Phi) is 3.07. The van der Waals surface area contributed by atoms with Gasteiger partial charge in [0.1, 0.15) is 0 Å². The van der Waals surface area contributed by atoms with Gasteiger partial charge < -0.3 is 0 Å². The summed E-state index contributed by atoms with van der Waals surface area (Å²) in [6.45, 7) is 3.54. The van der Waals surface area contributed by atoms with E-state index >= 15 is 0 Å². The molecule has 1 nitrogen and oxygen atoms in total.